The van der Waals surface area contributed by atoms with Crippen LogP contribution in [0.3, 0.4) is 0 Å². The number of rotatable bonds is 8. The molecule has 5 nitrogen and oxygen atoms in total. The third kappa shape index (κ3) is 4.61. The van der Waals surface area contributed by atoms with E-state index in [1.165, 1.54) is 12.1 Å². The molecular weight excluding hydrogens is 309 g/mol. The molecule has 0 saturated carbocycles. The summed E-state index contributed by atoms with van der Waals surface area (Å²) in [6, 6.07) is 6.32. The molecule has 0 saturated heterocycles. The molecule has 2 aromatic rings. The fraction of sp³-hybridized carbons (Fsp3) is 0.556. The molecule has 0 radical (unpaired) electrons. The lowest BCUT2D eigenvalue weighted by Gasteiger charge is -2.16. The maximum Gasteiger partial charge on any atom is 0.123 e. The zero-order valence-electron chi connectivity index (χ0n) is 14.5. The number of hydrogen-bond acceptors (Lipinski definition) is 4. The van der Waals surface area contributed by atoms with Crippen molar-refractivity contribution in [2.75, 3.05) is 0 Å². The Balaban J connectivity index is 2.20. The molecule has 0 amide bonds. The molecule has 2 atom stereocenters. The summed E-state index contributed by atoms with van der Waals surface area (Å²) in [7, 11) is 0. The molecular formula is C18H26FN3O2. The van der Waals surface area contributed by atoms with Gasteiger partial charge in [0, 0.05) is 11.6 Å². The van der Waals surface area contributed by atoms with E-state index in [-0.39, 0.29) is 11.9 Å². The lowest BCUT2D eigenvalue weighted by atomic mass is 10.0. The van der Waals surface area contributed by atoms with Crippen molar-refractivity contribution in [3.63, 3.8) is 0 Å². The van der Waals surface area contributed by atoms with Gasteiger partial charge in [0.05, 0.1) is 17.9 Å². The van der Waals surface area contributed by atoms with Crippen LogP contribution in [-0.2, 0) is 6.42 Å². The first-order valence-electron chi connectivity index (χ1n) is 8.48. The van der Waals surface area contributed by atoms with E-state index in [2.05, 4.69) is 10.3 Å². The molecule has 0 aliphatic carbocycles. The Kier molecular flexibility index (Phi) is 6.45. The second-order valence-electron chi connectivity index (χ2n) is 6.42. The second kappa shape index (κ2) is 8.35. The van der Waals surface area contributed by atoms with E-state index >= 15 is 0 Å². The Bertz CT molecular complexity index is 640. The summed E-state index contributed by atoms with van der Waals surface area (Å²) in [6.45, 7) is 5.93. The van der Waals surface area contributed by atoms with Gasteiger partial charge >= 0.3 is 0 Å². The van der Waals surface area contributed by atoms with E-state index in [1.54, 1.807) is 12.1 Å². The molecule has 24 heavy (non-hydrogen) atoms. The van der Waals surface area contributed by atoms with E-state index in [4.69, 9.17) is 0 Å². The van der Waals surface area contributed by atoms with Gasteiger partial charge in [0.25, 0.3) is 0 Å². The van der Waals surface area contributed by atoms with Crippen LogP contribution in [0.2, 0.25) is 0 Å². The molecule has 0 spiro atoms. The summed E-state index contributed by atoms with van der Waals surface area (Å²) < 4.78 is 15.0. The number of halogens is 1. The Morgan fingerprint density at radius 2 is 1.79 bits per heavy atom. The van der Waals surface area contributed by atoms with Gasteiger partial charge in [-0.2, -0.15) is 0 Å². The average molecular weight is 335 g/mol. The largest absolute Gasteiger partial charge is 0.393 e. The van der Waals surface area contributed by atoms with Crippen molar-refractivity contribution in [3.05, 3.63) is 35.8 Å². The van der Waals surface area contributed by atoms with Gasteiger partial charge in [-0.15, -0.1) is 5.10 Å². The maximum absolute atomic E-state index is 13.1. The topological polar surface area (TPSA) is 71.2 Å². The lowest BCUT2D eigenvalue weighted by molar-refractivity contribution is 0.0736. The molecule has 6 heteroatoms. The lowest BCUT2D eigenvalue weighted by Crippen LogP contribution is -2.18. The third-order valence-corrected chi connectivity index (χ3v) is 4.13. The first-order valence-corrected chi connectivity index (χ1v) is 8.48. The SMILES string of the molecule is CCC(O)CC(O)CCc1c(-c2ccc(F)cc2)nnn1C(C)C. The summed E-state index contributed by atoms with van der Waals surface area (Å²) >= 11 is 0. The van der Waals surface area contributed by atoms with Crippen LogP contribution in [0.25, 0.3) is 11.3 Å². The van der Waals surface area contributed by atoms with E-state index in [9.17, 15) is 14.6 Å². The Hall–Kier alpha value is -1.79. The van der Waals surface area contributed by atoms with E-state index < -0.39 is 12.2 Å². The first kappa shape index (κ1) is 18.5. The van der Waals surface area contributed by atoms with Gasteiger partial charge < -0.3 is 10.2 Å². The van der Waals surface area contributed by atoms with Gasteiger partial charge in [-0.05, 0) is 63.8 Å². The molecule has 132 valence electrons. The second-order valence-corrected chi connectivity index (χ2v) is 6.42. The molecule has 0 bridgehead atoms. The summed E-state index contributed by atoms with van der Waals surface area (Å²) in [6.07, 6.45) is 1.05. The van der Waals surface area contributed by atoms with Crippen LogP contribution < -0.4 is 0 Å². The summed E-state index contributed by atoms with van der Waals surface area (Å²) in [5.41, 5.74) is 2.44. The summed E-state index contributed by atoms with van der Waals surface area (Å²) in [5.74, 6) is -0.291. The minimum Gasteiger partial charge on any atom is -0.393 e. The Morgan fingerprint density at radius 3 is 2.38 bits per heavy atom. The number of aromatic nitrogens is 3. The quantitative estimate of drug-likeness (QED) is 0.777. The number of hydrogen-bond donors (Lipinski definition) is 2. The zero-order chi connectivity index (χ0) is 17.7. The molecule has 0 fully saturated rings. The number of aliphatic hydroxyl groups excluding tert-OH is 2. The minimum atomic E-state index is -0.573. The Morgan fingerprint density at radius 1 is 1.12 bits per heavy atom. The van der Waals surface area contributed by atoms with Crippen molar-refractivity contribution in [1.82, 2.24) is 15.0 Å². The number of aliphatic hydroxyl groups is 2. The number of benzene rings is 1. The smallest absolute Gasteiger partial charge is 0.123 e. The Labute approximate surface area is 142 Å². The molecule has 2 rings (SSSR count). The van der Waals surface area contributed by atoms with E-state index in [1.807, 2.05) is 25.5 Å². The predicted octanol–water partition coefficient (Wildman–Crippen LogP) is 3.12. The molecule has 1 aromatic carbocycles. The molecule has 1 aromatic heterocycles. The van der Waals surface area contributed by atoms with Gasteiger partial charge in [-0.25, -0.2) is 9.07 Å². The fourth-order valence-electron chi connectivity index (χ4n) is 2.70. The van der Waals surface area contributed by atoms with E-state index in [0.29, 0.717) is 31.4 Å². The highest BCUT2D eigenvalue weighted by Gasteiger charge is 2.19. The number of nitrogens with zero attached hydrogens (tertiary/aromatic N) is 3. The van der Waals surface area contributed by atoms with Crippen molar-refractivity contribution in [3.8, 4) is 11.3 Å². The summed E-state index contributed by atoms with van der Waals surface area (Å²) in [4.78, 5) is 0. The fourth-order valence-corrected chi connectivity index (χ4v) is 2.70. The zero-order valence-corrected chi connectivity index (χ0v) is 14.5. The van der Waals surface area contributed by atoms with Gasteiger partial charge in [-0.1, -0.05) is 12.1 Å². The van der Waals surface area contributed by atoms with Crippen molar-refractivity contribution in [2.24, 2.45) is 0 Å². The van der Waals surface area contributed by atoms with Crippen molar-refractivity contribution in [2.45, 2.75) is 64.7 Å². The molecule has 1 heterocycles. The highest BCUT2D eigenvalue weighted by Crippen LogP contribution is 2.25. The van der Waals surface area contributed by atoms with Crippen molar-refractivity contribution < 1.29 is 14.6 Å². The van der Waals surface area contributed by atoms with Gasteiger partial charge in [-0.3, -0.25) is 0 Å². The van der Waals surface area contributed by atoms with Crippen LogP contribution in [0, 0.1) is 5.82 Å². The van der Waals surface area contributed by atoms with Crippen LogP contribution in [-0.4, -0.2) is 37.4 Å². The molecule has 0 aliphatic heterocycles. The highest BCUT2D eigenvalue weighted by atomic mass is 19.1. The van der Waals surface area contributed by atoms with Gasteiger partial charge in [0.1, 0.15) is 11.5 Å². The monoisotopic (exact) mass is 335 g/mol. The maximum atomic E-state index is 13.1. The predicted molar refractivity (Wildman–Crippen MR) is 91.0 cm³/mol. The van der Waals surface area contributed by atoms with Crippen LogP contribution in [0.15, 0.2) is 24.3 Å². The minimum absolute atomic E-state index is 0.139. The normalized spacial score (nSPS) is 14.1. The molecule has 2 unspecified atom stereocenters. The van der Waals surface area contributed by atoms with Crippen LogP contribution in [0.5, 0.6) is 0 Å². The van der Waals surface area contributed by atoms with Crippen LogP contribution in [0.1, 0.15) is 51.8 Å². The van der Waals surface area contributed by atoms with E-state index in [0.717, 1.165) is 11.3 Å². The molecule has 2 N–H and O–H groups in total. The van der Waals surface area contributed by atoms with Crippen LogP contribution in [0.4, 0.5) is 4.39 Å². The van der Waals surface area contributed by atoms with Crippen LogP contribution >= 0.6 is 0 Å². The van der Waals surface area contributed by atoms with Crippen molar-refractivity contribution in [1.29, 1.82) is 0 Å². The standard InChI is InChI=1S/C18H26FN3O2/c1-4-15(23)11-16(24)9-10-17-18(20-21-22(17)12(2)3)13-5-7-14(19)8-6-13/h5-8,12,15-16,23-24H,4,9-11H2,1-3H3. The van der Waals surface area contributed by atoms with Gasteiger partial charge in [0.15, 0.2) is 0 Å². The van der Waals surface area contributed by atoms with Gasteiger partial charge in [0.2, 0.25) is 0 Å². The highest BCUT2D eigenvalue weighted by molar-refractivity contribution is 5.61. The molecule has 0 aliphatic rings. The first-order chi connectivity index (χ1) is 11.4. The average Bonchev–Trinajstić information content (AvgIpc) is 2.97. The summed E-state index contributed by atoms with van der Waals surface area (Å²) in [5, 5.41) is 28.2. The van der Waals surface area contributed by atoms with Crippen molar-refractivity contribution >= 4 is 0 Å². The third-order valence-electron chi connectivity index (χ3n) is 4.13.